The quantitative estimate of drug-likeness (QED) is 0.730. The molecule has 3 nitrogen and oxygen atoms in total. The van der Waals surface area contributed by atoms with Crippen molar-refractivity contribution in [2.24, 2.45) is 0 Å². The van der Waals surface area contributed by atoms with Gasteiger partial charge in [-0.05, 0) is 17.7 Å². The summed E-state index contributed by atoms with van der Waals surface area (Å²) < 4.78 is 5.02. The zero-order chi connectivity index (χ0) is 8.39. The number of hydrogen-bond donors (Lipinski definition) is 1. The second-order valence-electron chi connectivity index (χ2n) is 2.72. The van der Waals surface area contributed by atoms with Gasteiger partial charge in [0, 0.05) is 12.5 Å². The van der Waals surface area contributed by atoms with Crippen molar-refractivity contribution in [3.8, 4) is 0 Å². The van der Waals surface area contributed by atoms with E-state index < -0.39 is 0 Å². The van der Waals surface area contributed by atoms with Gasteiger partial charge in [-0.25, -0.2) is 0 Å². The van der Waals surface area contributed by atoms with Gasteiger partial charge >= 0.3 is 0 Å². The van der Waals surface area contributed by atoms with Crippen LogP contribution in [0.2, 0.25) is 0 Å². The van der Waals surface area contributed by atoms with E-state index in [9.17, 15) is 0 Å². The number of nitrogens with zero attached hydrogens (tertiary/aromatic N) is 1. The zero-order valence-corrected chi connectivity index (χ0v) is 6.87. The van der Waals surface area contributed by atoms with Gasteiger partial charge in [0.2, 0.25) is 0 Å². The number of methoxy groups -OCH3 is 1. The summed E-state index contributed by atoms with van der Waals surface area (Å²) in [5.74, 6) is 0. The summed E-state index contributed by atoms with van der Waals surface area (Å²) in [4.78, 5) is 0. The number of fused-ring (bicyclic) bond motifs is 1. The maximum absolute atomic E-state index is 5.02. The van der Waals surface area contributed by atoms with Gasteiger partial charge in [-0.3, -0.25) is 5.10 Å². The van der Waals surface area contributed by atoms with Crippen LogP contribution in [0, 0.1) is 0 Å². The molecule has 1 N–H and O–H groups in total. The third-order valence-electron chi connectivity index (χ3n) is 1.82. The van der Waals surface area contributed by atoms with Crippen LogP contribution in [0.15, 0.2) is 24.4 Å². The lowest BCUT2D eigenvalue weighted by atomic mass is 10.2. The molecule has 0 spiro atoms. The molecule has 1 aromatic heterocycles. The third kappa shape index (κ3) is 1.19. The second-order valence-corrected chi connectivity index (χ2v) is 2.72. The lowest BCUT2D eigenvalue weighted by molar-refractivity contribution is 0.185. The maximum atomic E-state index is 5.02. The maximum Gasteiger partial charge on any atom is 0.0713 e. The second kappa shape index (κ2) is 2.95. The summed E-state index contributed by atoms with van der Waals surface area (Å²) >= 11 is 0. The summed E-state index contributed by atoms with van der Waals surface area (Å²) in [6.45, 7) is 0.654. The molecule has 0 aliphatic carbocycles. The van der Waals surface area contributed by atoms with Crippen molar-refractivity contribution in [3.05, 3.63) is 30.0 Å². The van der Waals surface area contributed by atoms with E-state index in [0.717, 1.165) is 10.9 Å². The van der Waals surface area contributed by atoms with E-state index in [1.54, 1.807) is 7.11 Å². The number of aromatic amines is 1. The molecule has 12 heavy (non-hydrogen) atoms. The Morgan fingerprint density at radius 2 is 2.42 bits per heavy atom. The Hall–Kier alpha value is -1.35. The van der Waals surface area contributed by atoms with Gasteiger partial charge in [-0.1, -0.05) is 6.07 Å². The number of rotatable bonds is 2. The van der Waals surface area contributed by atoms with Gasteiger partial charge in [-0.2, -0.15) is 5.10 Å². The molecule has 0 aliphatic rings. The van der Waals surface area contributed by atoms with Crippen molar-refractivity contribution in [1.29, 1.82) is 0 Å². The van der Waals surface area contributed by atoms with Gasteiger partial charge in [0.1, 0.15) is 0 Å². The number of H-pyrrole nitrogens is 1. The molecular weight excluding hydrogens is 152 g/mol. The van der Waals surface area contributed by atoms with E-state index in [1.807, 2.05) is 18.3 Å². The van der Waals surface area contributed by atoms with Crippen LogP contribution in [0.25, 0.3) is 10.9 Å². The Balaban J connectivity index is 2.46. The average molecular weight is 162 g/mol. The highest BCUT2D eigenvalue weighted by molar-refractivity contribution is 5.78. The fourth-order valence-corrected chi connectivity index (χ4v) is 1.25. The molecule has 0 aliphatic heterocycles. The molecule has 0 saturated carbocycles. The summed E-state index contributed by atoms with van der Waals surface area (Å²) in [6, 6.07) is 6.11. The van der Waals surface area contributed by atoms with E-state index in [0.29, 0.717) is 6.61 Å². The summed E-state index contributed by atoms with van der Waals surface area (Å²) in [7, 11) is 1.69. The highest BCUT2D eigenvalue weighted by Gasteiger charge is 1.96. The fraction of sp³-hybridized carbons (Fsp3) is 0.222. The van der Waals surface area contributed by atoms with Crippen LogP contribution in [-0.4, -0.2) is 17.3 Å². The minimum atomic E-state index is 0.654. The van der Waals surface area contributed by atoms with E-state index in [2.05, 4.69) is 16.3 Å². The lowest BCUT2D eigenvalue weighted by Crippen LogP contribution is -1.85. The van der Waals surface area contributed by atoms with Gasteiger partial charge in [0.15, 0.2) is 0 Å². The first-order chi connectivity index (χ1) is 5.90. The Bertz CT molecular complexity index is 381. The van der Waals surface area contributed by atoms with Crippen molar-refractivity contribution in [2.45, 2.75) is 6.61 Å². The third-order valence-corrected chi connectivity index (χ3v) is 1.82. The van der Waals surface area contributed by atoms with Gasteiger partial charge in [0.25, 0.3) is 0 Å². The highest BCUT2D eigenvalue weighted by atomic mass is 16.5. The Morgan fingerprint density at radius 3 is 3.25 bits per heavy atom. The van der Waals surface area contributed by atoms with Crippen molar-refractivity contribution in [2.75, 3.05) is 7.11 Å². The minimum absolute atomic E-state index is 0.654. The molecule has 2 rings (SSSR count). The molecule has 0 fully saturated rings. The molecule has 1 heterocycles. The topological polar surface area (TPSA) is 37.9 Å². The molecule has 1 aromatic carbocycles. The predicted molar refractivity (Wildman–Crippen MR) is 46.8 cm³/mol. The van der Waals surface area contributed by atoms with E-state index >= 15 is 0 Å². The smallest absolute Gasteiger partial charge is 0.0713 e. The molecule has 0 unspecified atom stereocenters. The Kier molecular flexibility index (Phi) is 1.80. The predicted octanol–water partition coefficient (Wildman–Crippen LogP) is 1.71. The Morgan fingerprint density at radius 1 is 1.50 bits per heavy atom. The summed E-state index contributed by atoms with van der Waals surface area (Å²) in [5.41, 5.74) is 2.24. The Labute approximate surface area is 70.4 Å². The molecule has 3 heteroatoms. The summed E-state index contributed by atoms with van der Waals surface area (Å²) in [5, 5.41) is 7.96. The molecular formula is C9H10N2O. The van der Waals surface area contributed by atoms with Crippen LogP contribution in [0.3, 0.4) is 0 Å². The first-order valence-electron chi connectivity index (χ1n) is 3.81. The SMILES string of the molecule is COCc1ccc2[nH]ncc2c1. The van der Waals surface area contributed by atoms with E-state index in [4.69, 9.17) is 4.74 Å². The molecule has 62 valence electrons. The molecule has 0 atom stereocenters. The fourth-order valence-electron chi connectivity index (χ4n) is 1.25. The van der Waals surface area contributed by atoms with E-state index in [1.165, 1.54) is 5.56 Å². The van der Waals surface area contributed by atoms with Crippen LogP contribution in [0.1, 0.15) is 5.56 Å². The number of aromatic nitrogens is 2. The standard InChI is InChI=1S/C9H10N2O/c1-12-6-7-2-3-9-8(4-7)5-10-11-9/h2-5H,6H2,1H3,(H,10,11). The zero-order valence-electron chi connectivity index (χ0n) is 6.87. The number of nitrogens with one attached hydrogen (secondary N) is 1. The number of ether oxygens (including phenoxy) is 1. The average Bonchev–Trinajstić information content (AvgIpc) is 2.51. The lowest BCUT2D eigenvalue weighted by Gasteiger charge is -1.97. The van der Waals surface area contributed by atoms with Crippen molar-refractivity contribution in [3.63, 3.8) is 0 Å². The van der Waals surface area contributed by atoms with E-state index in [-0.39, 0.29) is 0 Å². The summed E-state index contributed by atoms with van der Waals surface area (Å²) in [6.07, 6.45) is 1.81. The minimum Gasteiger partial charge on any atom is -0.380 e. The van der Waals surface area contributed by atoms with Gasteiger partial charge < -0.3 is 4.74 Å². The monoisotopic (exact) mass is 162 g/mol. The van der Waals surface area contributed by atoms with Crippen molar-refractivity contribution >= 4 is 10.9 Å². The first-order valence-corrected chi connectivity index (χ1v) is 3.81. The number of hydrogen-bond acceptors (Lipinski definition) is 2. The van der Waals surface area contributed by atoms with Crippen LogP contribution >= 0.6 is 0 Å². The molecule has 2 aromatic rings. The van der Waals surface area contributed by atoms with Crippen LogP contribution in [0.5, 0.6) is 0 Å². The van der Waals surface area contributed by atoms with Crippen LogP contribution in [0.4, 0.5) is 0 Å². The largest absolute Gasteiger partial charge is 0.380 e. The van der Waals surface area contributed by atoms with Crippen molar-refractivity contribution < 1.29 is 4.74 Å². The highest BCUT2D eigenvalue weighted by Crippen LogP contribution is 2.12. The van der Waals surface area contributed by atoms with Crippen LogP contribution < -0.4 is 0 Å². The normalized spacial score (nSPS) is 10.8. The molecule has 0 amide bonds. The van der Waals surface area contributed by atoms with Gasteiger partial charge in [-0.15, -0.1) is 0 Å². The molecule has 0 radical (unpaired) electrons. The molecule has 0 bridgehead atoms. The van der Waals surface area contributed by atoms with Crippen molar-refractivity contribution in [1.82, 2.24) is 10.2 Å². The molecule has 0 saturated heterocycles. The van der Waals surface area contributed by atoms with Crippen LogP contribution in [-0.2, 0) is 11.3 Å². The van der Waals surface area contributed by atoms with Gasteiger partial charge in [0.05, 0.1) is 18.3 Å². The number of benzene rings is 1. The first kappa shape index (κ1) is 7.31.